The third-order valence-corrected chi connectivity index (χ3v) is 3.52. The van der Waals surface area contributed by atoms with E-state index < -0.39 is 10.8 Å². The second-order valence-electron chi connectivity index (χ2n) is 4.35. The Morgan fingerprint density at radius 3 is 2.58 bits per heavy atom. The fourth-order valence-corrected chi connectivity index (χ4v) is 1.87. The van der Waals surface area contributed by atoms with Gasteiger partial charge in [0.2, 0.25) is 0 Å². The Morgan fingerprint density at radius 1 is 1.42 bits per heavy atom. The van der Waals surface area contributed by atoms with Crippen molar-refractivity contribution in [3.8, 4) is 0 Å². The number of hydrogen-bond donors (Lipinski definition) is 1. The first-order valence-electron chi connectivity index (χ1n) is 5.67. The smallest absolute Gasteiger partial charge is 0.271 e. The van der Waals surface area contributed by atoms with Crippen LogP contribution in [0, 0.1) is 16.0 Å². The average Bonchev–Trinajstić information content (AvgIpc) is 2.36. The zero-order valence-electron chi connectivity index (χ0n) is 10.5. The molecule has 0 aliphatic carbocycles. The van der Waals surface area contributed by atoms with Crippen LogP contribution in [0.15, 0.2) is 18.2 Å². The van der Waals surface area contributed by atoms with E-state index in [9.17, 15) is 14.9 Å². The zero-order chi connectivity index (χ0) is 14.6. The molecular formula is C12H14Cl2N2O3. The van der Waals surface area contributed by atoms with Crippen molar-refractivity contribution in [1.29, 1.82) is 0 Å². The Kier molecular flexibility index (Phi) is 5.57. The predicted molar refractivity (Wildman–Crippen MR) is 74.9 cm³/mol. The Labute approximate surface area is 121 Å². The third-order valence-electron chi connectivity index (χ3n) is 2.81. The number of carbonyl (C=O) groups excluding carboxylic acids is 1. The lowest BCUT2D eigenvalue weighted by atomic mass is 10.1. The summed E-state index contributed by atoms with van der Waals surface area (Å²) >= 11 is 11.5. The Balaban J connectivity index is 2.91. The summed E-state index contributed by atoms with van der Waals surface area (Å²) < 4.78 is 0. The number of nitro groups is 1. The van der Waals surface area contributed by atoms with Crippen LogP contribution in [0.25, 0.3) is 0 Å². The van der Waals surface area contributed by atoms with Crippen molar-refractivity contribution in [2.75, 3.05) is 5.88 Å². The van der Waals surface area contributed by atoms with Crippen molar-refractivity contribution < 1.29 is 9.72 Å². The fraction of sp³-hybridized carbons (Fsp3) is 0.417. The van der Waals surface area contributed by atoms with E-state index in [4.69, 9.17) is 23.2 Å². The van der Waals surface area contributed by atoms with Gasteiger partial charge in [0, 0.05) is 34.6 Å². The first-order valence-corrected chi connectivity index (χ1v) is 6.58. The first kappa shape index (κ1) is 15.7. The van der Waals surface area contributed by atoms with Crippen molar-refractivity contribution >= 4 is 34.8 Å². The van der Waals surface area contributed by atoms with E-state index in [0.717, 1.165) is 0 Å². The van der Waals surface area contributed by atoms with Gasteiger partial charge < -0.3 is 5.32 Å². The van der Waals surface area contributed by atoms with Gasteiger partial charge in [-0.05, 0) is 18.9 Å². The maximum absolute atomic E-state index is 12.0. The molecule has 0 heterocycles. The maximum Gasteiger partial charge on any atom is 0.271 e. The molecule has 7 heteroatoms. The van der Waals surface area contributed by atoms with Gasteiger partial charge in [0.1, 0.15) is 0 Å². The van der Waals surface area contributed by atoms with Gasteiger partial charge >= 0.3 is 0 Å². The number of non-ortho nitro benzene ring substituents is 1. The lowest BCUT2D eigenvalue weighted by molar-refractivity contribution is -0.384. The third kappa shape index (κ3) is 4.36. The van der Waals surface area contributed by atoms with Crippen LogP contribution in [0.3, 0.4) is 0 Å². The molecule has 0 spiro atoms. The molecule has 0 saturated carbocycles. The molecule has 5 nitrogen and oxygen atoms in total. The summed E-state index contributed by atoms with van der Waals surface area (Å²) in [5.41, 5.74) is -0.0523. The molecule has 0 aromatic heterocycles. The van der Waals surface area contributed by atoms with Gasteiger partial charge in [0.15, 0.2) is 0 Å². The van der Waals surface area contributed by atoms with Gasteiger partial charge in [0.25, 0.3) is 11.6 Å². The number of nitrogens with one attached hydrogen (secondary N) is 1. The minimum absolute atomic E-state index is 0.0970. The highest BCUT2D eigenvalue weighted by atomic mass is 35.5. The molecule has 1 aromatic rings. The van der Waals surface area contributed by atoms with E-state index in [2.05, 4.69) is 5.32 Å². The highest BCUT2D eigenvalue weighted by Crippen LogP contribution is 2.21. The molecule has 0 aliphatic heterocycles. The molecule has 0 saturated heterocycles. The number of rotatable bonds is 5. The van der Waals surface area contributed by atoms with Gasteiger partial charge in [-0.3, -0.25) is 14.9 Å². The summed E-state index contributed by atoms with van der Waals surface area (Å²) in [6.45, 7) is 3.72. The molecular weight excluding hydrogens is 291 g/mol. The standard InChI is InChI=1S/C12H14Cl2N2O3/c1-7(6-13)8(2)15-12(17)9-3-10(14)5-11(4-9)16(18)19/h3-5,7-8H,6H2,1-2H3,(H,15,17). The van der Waals surface area contributed by atoms with E-state index in [1.807, 2.05) is 13.8 Å². The second-order valence-corrected chi connectivity index (χ2v) is 5.09. The number of halogens is 2. The number of hydrogen-bond acceptors (Lipinski definition) is 3. The van der Waals surface area contributed by atoms with Gasteiger partial charge in [-0.1, -0.05) is 18.5 Å². The number of benzene rings is 1. The Bertz CT molecular complexity index is 494. The van der Waals surface area contributed by atoms with Crippen LogP contribution >= 0.6 is 23.2 Å². The molecule has 1 amide bonds. The monoisotopic (exact) mass is 304 g/mol. The van der Waals surface area contributed by atoms with Gasteiger partial charge in [-0.2, -0.15) is 0 Å². The van der Waals surface area contributed by atoms with Crippen LogP contribution in [0.1, 0.15) is 24.2 Å². The number of nitrogens with zero attached hydrogens (tertiary/aromatic N) is 1. The van der Waals surface area contributed by atoms with Crippen molar-refractivity contribution in [1.82, 2.24) is 5.32 Å². The first-order chi connectivity index (χ1) is 8.85. The summed E-state index contributed by atoms with van der Waals surface area (Å²) in [5.74, 6) is 0.104. The molecule has 1 rings (SSSR count). The van der Waals surface area contributed by atoms with Crippen molar-refractivity contribution in [2.24, 2.45) is 5.92 Å². The summed E-state index contributed by atoms with van der Waals surface area (Å²) in [6, 6.07) is 3.65. The van der Waals surface area contributed by atoms with Crippen molar-refractivity contribution in [3.63, 3.8) is 0 Å². The van der Waals surface area contributed by atoms with Gasteiger partial charge in [0.05, 0.1) is 4.92 Å². The van der Waals surface area contributed by atoms with Gasteiger partial charge in [-0.15, -0.1) is 11.6 Å². The molecule has 19 heavy (non-hydrogen) atoms. The summed E-state index contributed by atoms with van der Waals surface area (Å²) in [5, 5.41) is 13.6. The minimum Gasteiger partial charge on any atom is -0.349 e. The lowest BCUT2D eigenvalue weighted by Gasteiger charge is -2.19. The zero-order valence-corrected chi connectivity index (χ0v) is 12.0. The number of amides is 1. The number of nitro benzene ring substituents is 1. The topological polar surface area (TPSA) is 72.2 Å². The summed E-state index contributed by atoms with van der Waals surface area (Å²) in [7, 11) is 0. The van der Waals surface area contributed by atoms with Crippen LogP contribution in [-0.2, 0) is 0 Å². The molecule has 1 aromatic carbocycles. The molecule has 104 valence electrons. The van der Waals surface area contributed by atoms with Crippen LogP contribution in [0.2, 0.25) is 5.02 Å². The molecule has 0 aliphatic rings. The quantitative estimate of drug-likeness (QED) is 0.515. The van der Waals surface area contributed by atoms with E-state index in [1.165, 1.54) is 18.2 Å². The van der Waals surface area contributed by atoms with Crippen molar-refractivity contribution in [2.45, 2.75) is 19.9 Å². The SMILES string of the molecule is CC(CCl)C(C)NC(=O)c1cc(Cl)cc([N+](=O)[O-])c1. The van der Waals surface area contributed by atoms with Crippen LogP contribution in [0.4, 0.5) is 5.69 Å². The van der Waals surface area contributed by atoms with E-state index in [1.54, 1.807) is 0 Å². The molecule has 2 atom stereocenters. The number of alkyl halides is 1. The molecule has 0 radical (unpaired) electrons. The van der Waals surface area contributed by atoms with Crippen LogP contribution in [-0.4, -0.2) is 22.8 Å². The summed E-state index contributed by atoms with van der Waals surface area (Å²) in [4.78, 5) is 22.1. The Hall–Kier alpha value is -1.33. The van der Waals surface area contributed by atoms with E-state index in [-0.39, 0.29) is 28.2 Å². The van der Waals surface area contributed by atoms with E-state index in [0.29, 0.717) is 5.88 Å². The highest BCUT2D eigenvalue weighted by Gasteiger charge is 2.18. The Morgan fingerprint density at radius 2 is 2.05 bits per heavy atom. The lowest BCUT2D eigenvalue weighted by Crippen LogP contribution is -2.37. The normalized spacial score (nSPS) is 13.7. The fourth-order valence-electron chi connectivity index (χ4n) is 1.38. The van der Waals surface area contributed by atoms with Crippen molar-refractivity contribution in [3.05, 3.63) is 38.9 Å². The van der Waals surface area contributed by atoms with E-state index >= 15 is 0 Å². The highest BCUT2D eigenvalue weighted by molar-refractivity contribution is 6.31. The minimum atomic E-state index is -0.590. The largest absolute Gasteiger partial charge is 0.349 e. The molecule has 0 fully saturated rings. The van der Waals surface area contributed by atoms with Crippen LogP contribution in [0.5, 0.6) is 0 Å². The molecule has 2 unspecified atom stereocenters. The van der Waals surface area contributed by atoms with Gasteiger partial charge in [-0.25, -0.2) is 0 Å². The number of carbonyl (C=O) groups is 1. The van der Waals surface area contributed by atoms with Crippen LogP contribution < -0.4 is 5.32 Å². The molecule has 1 N–H and O–H groups in total. The molecule has 0 bridgehead atoms. The second kappa shape index (κ2) is 6.73. The predicted octanol–water partition coefficient (Wildman–Crippen LogP) is 3.24. The summed E-state index contributed by atoms with van der Waals surface area (Å²) in [6.07, 6.45) is 0. The maximum atomic E-state index is 12.0. The average molecular weight is 305 g/mol.